The van der Waals surface area contributed by atoms with E-state index in [2.05, 4.69) is 10.6 Å². The minimum absolute atomic E-state index is 0.152. The van der Waals surface area contributed by atoms with Gasteiger partial charge in [0, 0.05) is 13.0 Å². The van der Waals surface area contributed by atoms with Crippen LogP contribution in [0, 0.1) is 11.3 Å². The number of carbonyl (C=O) groups excluding carboxylic acids is 2. The van der Waals surface area contributed by atoms with Gasteiger partial charge in [-0.3, -0.25) is 19.9 Å². The molecule has 1 saturated heterocycles. The summed E-state index contributed by atoms with van der Waals surface area (Å²) in [5.41, 5.74) is 0.178. The van der Waals surface area contributed by atoms with Gasteiger partial charge in [-0.1, -0.05) is 40.0 Å². The van der Waals surface area contributed by atoms with Crippen LogP contribution in [0.5, 0.6) is 0 Å². The highest BCUT2D eigenvalue weighted by Gasteiger charge is 2.43. The predicted octanol–water partition coefficient (Wildman–Crippen LogP) is 2.15. The SMILES string of the molecule is CCOO/C=C/[C@H](CC(O)O)NC(=O)[C@H]1CCCN1C(=O)C(NC(O)C1=NC2CCCCCC2CC1)C(C)(C)C. The molecule has 1 saturated carbocycles. The van der Waals surface area contributed by atoms with Crippen LogP contribution in [-0.2, 0) is 19.4 Å². The molecule has 0 aromatic carbocycles. The van der Waals surface area contributed by atoms with Gasteiger partial charge in [-0.25, -0.2) is 0 Å². The van der Waals surface area contributed by atoms with Gasteiger partial charge in [0.25, 0.3) is 0 Å². The van der Waals surface area contributed by atoms with Gasteiger partial charge >= 0.3 is 0 Å². The molecule has 1 aliphatic carbocycles. The second-order valence-electron chi connectivity index (χ2n) is 12.3. The Morgan fingerprint density at radius 1 is 1.10 bits per heavy atom. The number of aliphatic imine (C=N–C) groups is 1. The lowest BCUT2D eigenvalue weighted by atomic mass is 9.84. The standard InChI is InChI=1S/C29H50N4O7/c1-5-39-40-17-15-20(18-24(34)35)30-27(37)23-12-9-16-33(23)28(38)25(29(2,3)4)32-26(36)22-14-13-19-10-7-6-8-11-21(19)31-22/h15,17,19-21,23-26,32,34-36H,5-14,16,18H2,1-4H3,(H,30,37)/b17-15+/t19?,20-,21?,23-,25?,26?/m1/s1. The van der Waals surface area contributed by atoms with Crippen LogP contribution in [0.4, 0.5) is 0 Å². The maximum absolute atomic E-state index is 13.9. The minimum atomic E-state index is -1.64. The zero-order chi connectivity index (χ0) is 29.3. The average Bonchev–Trinajstić information content (AvgIpc) is 3.27. The topological polar surface area (TPSA) is 153 Å². The van der Waals surface area contributed by atoms with Crippen molar-refractivity contribution < 1.29 is 34.7 Å². The van der Waals surface area contributed by atoms with Gasteiger partial charge in [0.2, 0.25) is 11.8 Å². The molecule has 0 aromatic heterocycles. The predicted molar refractivity (Wildman–Crippen MR) is 151 cm³/mol. The third-order valence-corrected chi connectivity index (χ3v) is 8.16. The van der Waals surface area contributed by atoms with Crippen LogP contribution >= 0.6 is 0 Å². The Bertz CT molecular complexity index is 888. The van der Waals surface area contributed by atoms with E-state index in [9.17, 15) is 24.9 Å². The molecule has 0 spiro atoms. The molecule has 5 N–H and O–H groups in total. The number of likely N-dealkylation sites (tertiary alicyclic amines) is 1. The fourth-order valence-electron chi connectivity index (χ4n) is 6.03. The number of aliphatic hydroxyl groups excluding tert-OH is 2. The molecule has 11 heteroatoms. The summed E-state index contributed by atoms with van der Waals surface area (Å²) < 4.78 is 0. The molecule has 0 aromatic rings. The molecule has 2 aliphatic heterocycles. The summed E-state index contributed by atoms with van der Waals surface area (Å²) in [5, 5.41) is 36.1. The molecule has 2 fully saturated rings. The third kappa shape index (κ3) is 9.24. The van der Waals surface area contributed by atoms with E-state index in [0.717, 1.165) is 19.3 Å². The first kappa shape index (κ1) is 32.5. The van der Waals surface area contributed by atoms with Crippen molar-refractivity contribution in [2.45, 2.75) is 129 Å². The zero-order valence-corrected chi connectivity index (χ0v) is 24.6. The van der Waals surface area contributed by atoms with Crippen molar-refractivity contribution in [3.05, 3.63) is 12.3 Å². The van der Waals surface area contributed by atoms with Crippen LogP contribution in [0.1, 0.15) is 91.9 Å². The maximum atomic E-state index is 13.9. The van der Waals surface area contributed by atoms with Crippen LogP contribution < -0.4 is 10.6 Å². The molecule has 0 radical (unpaired) electrons. The van der Waals surface area contributed by atoms with E-state index in [1.165, 1.54) is 31.6 Å². The van der Waals surface area contributed by atoms with E-state index in [1.807, 2.05) is 20.8 Å². The highest BCUT2D eigenvalue weighted by molar-refractivity contribution is 5.92. The van der Waals surface area contributed by atoms with Crippen LogP contribution in [0.15, 0.2) is 17.3 Å². The molecule has 2 amide bonds. The van der Waals surface area contributed by atoms with Crippen molar-refractivity contribution in [3.63, 3.8) is 0 Å². The minimum Gasteiger partial charge on any atom is -0.373 e. The van der Waals surface area contributed by atoms with E-state index >= 15 is 0 Å². The lowest BCUT2D eigenvalue weighted by molar-refractivity contribution is -0.244. The second kappa shape index (κ2) is 15.3. The van der Waals surface area contributed by atoms with Gasteiger partial charge in [0.1, 0.15) is 18.5 Å². The van der Waals surface area contributed by atoms with Crippen molar-refractivity contribution in [2.24, 2.45) is 16.3 Å². The Labute approximate surface area is 238 Å². The number of carbonyl (C=O) groups is 2. The largest absolute Gasteiger partial charge is 0.373 e. The second-order valence-corrected chi connectivity index (χ2v) is 12.3. The highest BCUT2D eigenvalue weighted by atomic mass is 17.2. The lowest BCUT2D eigenvalue weighted by Gasteiger charge is -2.38. The molecule has 228 valence electrons. The Morgan fingerprint density at radius 3 is 2.55 bits per heavy atom. The summed E-state index contributed by atoms with van der Waals surface area (Å²) in [6.07, 6.45) is 8.65. The first-order valence-electron chi connectivity index (χ1n) is 14.9. The molecule has 6 atom stereocenters. The molecular weight excluding hydrogens is 516 g/mol. The van der Waals surface area contributed by atoms with E-state index in [4.69, 9.17) is 14.8 Å². The van der Waals surface area contributed by atoms with E-state index < -0.39 is 36.1 Å². The van der Waals surface area contributed by atoms with Crippen molar-refractivity contribution in [3.8, 4) is 0 Å². The Kier molecular flexibility index (Phi) is 12.4. The van der Waals surface area contributed by atoms with Gasteiger partial charge in [0.15, 0.2) is 6.29 Å². The van der Waals surface area contributed by atoms with Crippen molar-refractivity contribution in [1.82, 2.24) is 15.5 Å². The normalized spacial score (nSPS) is 26.1. The maximum Gasteiger partial charge on any atom is 0.243 e. The van der Waals surface area contributed by atoms with Gasteiger partial charge in [-0.05, 0) is 62.9 Å². The number of hydrogen-bond acceptors (Lipinski definition) is 9. The van der Waals surface area contributed by atoms with Crippen LogP contribution in [0.25, 0.3) is 0 Å². The molecule has 40 heavy (non-hydrogen) atoms. The summed E-state index contributed by atoms with van der Waals surface area (Å²) in [4.78, 5) is 43.3. The van der Waals surface area contributed by atoms with Gasteiger partial charge < -0.3 is 30.4 Å². The van der Waals surface area contributed by atoms with E-state index in [-0.39, 0.29) is 24.3 Å². The van der Waals surface area contributed by atoms with Crippen molar-refractivity contribution >= 4 is 17.5 Å². The van der Waals surface area contributed by atoms with Crippen molar-refractivity contribution in [2.75, 3.05) is 13.2 Å². The number of nitrogens with one attached hydrogen (secondary N) is 2. The molecular formula is C29H50N4O7. The number of rotatable bonds is 12. The zero-order valence-electron chi connectivity index (χ0n) is 24.6. The smallest absolute Gasteiger partial charge is 0.243 e. The quantitative estimate of drug-likeness (QED) is 0.0792. The summed E-state index contributed by atoms with van der Waals surface area (Å²) >= 11 is 0. The number of amides is 2. The van der Waals surface area contributed by atoms with Crippen LogP contribution in [-0.4, -0.2) is 87.6 Å². The molecule has 2 heterocycles. The van der Waals surface area contributed by atoms with Crippen LogP contribution in [0.2, 0.25) is 0 Å². The fourth-order valence-corrected chi connectivity index (χ4v) is 6.03. The Balaban J connectivity index is 1.69. The number of hydrogen-bond donors (Lipinski definition) is 5. The lowest BCUT2D eigenvalue weighted by Crippen LogP contribution is -2.60. The van der Waals surface area contributed by atoms with E-state index in [1.54, 1.807) is 11.8 Å². The Hall–Kier alpha value is -2.05. The first-order chi connectivity index (χ1) is 19.0. The summed E-state index contributed by atoms with van der Waals surface area (Å²) in [7, 11) is 0. The monoisotopic (exact) mass is 566 g/mol. The third-order valence-electron chi connectivity index (χ3n) is 8.16. The first-order valence-corrected chi connectivity index (χ1v) is 14.9. The highest BCUT2D eigenvalue weighted by Crippen LogP contribution is 2.33. The summed E-state index contributed by atoms with van der Waals surface area (Å²) in [6, 6.07) is -1.94. The molecule has 3 rings (SSSR count). The summed E-state index contributed by atoms with van der Waals surface area (Å²) in [5.74, 6) is -0.0533. The molecule has 4 unspecified atom stereocenters. The van der Waals surface area contributed by atoms with Crippen molar-refractivity contribution in [1.29, 1.82) is 0 Å². The molecule has 0 bridgehead atoms. The average molecular weight is 567 g/mol. The Morgan fingerprint density at radius 2 is 1.85 bits per heavy atom. The molecule has 3 aliphatic rings. The number of aliphatic hydroxyl groups is 3. The summed E-state index contributed by atoms with van der Waals surface area (Å²) in [6.45, 7) is 8.31. The van der Waals surface area contributed by atoms with Gasteiger partial charge in [-0.2, -0.15) is 4.89 Å². The van der Waals surface area contributed by atoms with Gasteiger partial charge in [-0.15, -0.1) is 0 Å². The number of nitrogens with zero attached hydrogens (tertiary/aromatic N) is 2. The van der Waals surface area contributed by atoms with E-state index in [0.29, 0.717) is 44.0 Å². The fraction of sp³-hybridized carbons (Fsp3) is 0.828. The van der Waals surface area contributed by atoms with Gasteiger partial charge in [0.05, 0.1) is 30.4 Å². The number of fused-ring (bicyclic) bond motifs is 1. The van der Waals surface area contributed by atoms with Crippen LogP contribution in [0.3, 0.4) is 0 Å². The molecule has 11 nitrogen and oxygen atoms in total.